The maximum atomic E-state index is 11.5. The number of carbonyl (C=O) groups excluding carboxylic acids is 2. The molecule has 0 heterocycles. The van der Waals surface area contributed by atoms with Crippen LogP contribution in [0.1, 0.15) is 26.2 Å². The Kier molecular flexibility index (Phi) is 6.22. The smallest absolute Gasteiger partial charge is 0.156 e. The summed E-state index contributed by atoms with van der Waals surface area (Å²) in [7, 11) is 3.24. The minimum atomic E-state index is -0.109. The van der Waals surface area contributed by atoms with E-state index in [-0.39, 0.29) is 24.1 Å². The van der Waals surface area contributed by atoms with Gasteiger partial charge in [0.1, 0.15) is 17.6 Å². The summed E-state index contributed by atoms with van der Waals surface area (Å²) in [5.41, 5.74) is 1.00. The van der Waals surface area contributed by atoms with Crippen LogP contribution in [0.25, 0.3) is 0 Å². The lowest BCUT2D eigenvalue weighted by molar-refractivity contribution is -0.120. The summed E-state index contributed by atoms with van der Waals surface area (Å²) in [6.07, 6.45) is 8.18. The molecule has 1 unspecified atom stereocenters. The van der Waals surface area contributed by atoms with Crippen molar-refractivity contribution in [2.45, 2.75) is 32.3 Å². The molecule has 0 amide bonds. The molecule has 0 aliphatic heterocycles. The molecule has 1 aliphatic carbocycles. The summed E-state index contributed by atoms with van der Waals surface area (Å²) in [6, 6.07) is 0. The first kappa shape index (κ1) is 15.4. The molecule has 0 saturated heterocycles. The fraction of sp³-hybridized carbons (Fsp3) is 0.467. The SMILES string of the molecule is COC1=CC=C(/C=C/C(=O)CCC(C)=O)CC1OC. The Labute approximate surface area is 113 Å². The summed E-state index contributed by atoms with van der Waals surface area (Å²) in [4.78, 5) is 22.3. The minimum absolute atomic E-state index is 0.0331. The Balaban J connectivity index is 2.58. The first-order valence-corrected chi connectivity index (χ1v) is 6.24. The number of methoxy groups -OCH3 is 2. The Morgan fingerprint density at radius 3 is 2.63 bits per heavy atom. The third kappa shape index (κ3) is 5.22. The first-order chi connectivity index (χ1) is 9.06. The Morgan fingerprint density at radius 2 is 2.05 bits per heavy atom. The Morgan fingerprint density at radius 1 is 1.32 bits per heavy atom. The van der Waals surface area contributed by atoms with Crippen molar-refractivity contribution < 1.29 is 19.1 Å². The van der Waals surface area contributed by atoms with E-state index in [0.717, 1.165) is 11.3 Å². The number of ether oxygens (including phenoxy) is 2. The second kappa shape index (κ2) is 7.69. The zero-order valence-corrected chi connectivity index (χ0v) is 11.6. The lowest BCUT2D eigenvalue weighted by Gasteiger charge is -2.21. The largest absolute Gasteiger partial charge is 0.498 e. The second-order valence-electron chi connectivity index (χ2n) is 4.44. The number of rotatable bonds is 7. The monoisotopic (exact) mass is 264 g/mol. The molecule has 0 spiro atoms. The summed E-state index contributed by atoms with van der Waals surface area (Å²) in [5, 5.41) is 0. The molecule has 0 saturated carbocycles. The predicted octanol–water partition coefficient (Wildman–Crippen LogP) is 2.36. The van der Waals surface area contributed by atoms with Gasteiger partial charge in [-0.3, -0.25) is 4.79 Å². The maximum absolute atomic E-state index is 11.5. The topological polar surface area (TPSA) is 52.6 Å². The van der Waals surface area contributed by atoms with Crippen LogP contribution in [0.2, 0.25) is 0 Å². The van der Waals surface area contributed by atoms with Gasteiger partial charge in [-0.1, -0.05) is 12.2 Å². The lowest BCUT2D eigenvalue weighted by atomic mass is 10.00. The van der Waals surface area contributed by atoms with Crippen LogP contribution in [0, 0.1) is 0 Å². The number of Topliss-reactive ketones (excluding diaryl/α,β-unsaturated/α-hetero) is 1. The van der Waals surface area contributed by atoms with Gasteiger partial charge in [0.25, 0.3) is 0 Å². The van der Waals surface area contributed by atoms with Gasteiger partial charge < -0.3 is 14.3 Å². The van der Waals surface area contributed by atoms with Gasteiger partial charge >= 0.3 is 0 Å². The molecule has 0 fully saturated rings. The molecule has 0 radical (unpaired) electrons. The van der Waals surface area contributed by atoms with Crippen molar-refractivity contribution in [1.82, 2.24) is 0 Å². The van der Waals surface area contributed by atoms with Crippen molar-refractivity contribution in [2.24, 2.45) is 0 Å². The van der Waals surface area contributed by atoms with Gasteiger partial charge in [0.15, 0.2) is 5.78 Å². The van der Waals surface area contributed by atoms with Gasteiger partial charge in [0.2, 0.25) is 0 Å². The van der Waals surface area contributed by atoms with E-state index in [4.69, 9.17) is 9.47 Å². The van der Waals surface area contributed by atoms with Gasteiger partial charge in [-0.15, -0.1) is 0 Å². The van der Waals surface area contributed by atoms with Crippen LogP contribution in [-0.4, -0.2) is 31.9 Å². The van der Waals surface area contributed by atoms with E-state index < -0.39 is 0 Å². The lowest BCUT2D eigenvalue weighted by Crippen LogP contribution is -2.18. The van der Waals surface area contributed by atoms with Crippen LogP contribution in [0.15, 0.2) is 35.6 Å². The van der Waals surface area contributed by atoms with Crippen LogP contribution in [0.4, 0.5) is 0 Å². The van der Waals surface area contributed by atoms with Crippen molar-refractivity contribution in [3.8, 4) is 0 Å². The second-order valence-corrected chi connectivity index (χ2v) is 4.44. The standard InChI is InChI=1S/C15H20O4/c1-11(16)4-7-13(17)8-5-12-6-9-14(18-2)15(10-12)19-3/h5-6,8-9,15H,4,7,10H2,1-3H3/b8-5+. The van der Waals surface area contributed by atoms with E-state index >= 15 is 0 Å². The van der Waals surface area contributed by atoms with Gasteiger partial charge in [-0.2, -0.15) is 0 Å². The molecule has 0 aromatic rings. The van der Waals surface area contributed by atoms with Crippen molar-refractivity contribution in [3.05, 3.63) is 35.6 Å². The summed E-state index contributed by atoms with van der Waals surface area (Å²) < 4.78 is 10.5. The fourth-order valence-electron chi connectivity index (χ4n) is 1.78. The summed E-state index contributed by atoms with van der Waals surface area (Å²) in [5.74, 6) is 0.778. The average Bonchev–Trinajstić information content (AvgIpc) is 2.42. The Bertz CT molecular complexity index is 429. The molecule has 0 N–H and O–H groups in total. The quantitative estimate of drug-likeness (QED) is 0.662. The third-order valence-corrected chi connectivity index (χ3v) is 2.93. The van der Waals surface area contributed by atoms with E-state index in [9.17, 15) is 9.59 Å². The Hall–Kier alpha value is -1.68. The van der Waals surface area contributed by atoms with Crippen molar-refractivity contribution in [2.75, 3.05) is 14.2 Å². The molecular weight excluding hydrogens is 244 g/mol. The maximum Gasteiger partial charge on any atom is 0.156 e. The van der Waals surface area contributed by atoms with Crippen LogP contribution in [-0.2, 0) is 19.1 Å². The van der Waals surface area contributed by atoms with Gasteiger partial charge in [0, 0.05) is 26.4 Å². The highest BCUT2D eigenvalue weighted by Crippen LogP contribution is 2.22. The summed E-state index contributed by atoms with van der Waals surface area (Å²) >= 11 is 0. The zero-order chi connectivity index (χ0) is 14.3. The highest BCUT2D eigenvalue weighted by atomic mass is 16.5. The van der Waals surface area contributed by atoms with E-state index in [0.29, 0.717) is 12.8 Å². The summed E-state index contributed by atoms with van der Waals surface area (Å²) in [6.45, 7) is 1.49. The minimum Gasteiger partial charge on any atom is -0.498 e. The highest BCUT2D eigenvalue weighted by Gasteiger charge is 2.18. The van der Waals surface area contributed by atoms with Crippen LogP contribution < -0.4 is 0 Å². The molecule has 0 bridgehead atoms. The van der Waals surface area contributed by atoms with Crippen LogP contribution in [0.3, 0.4) is 0 Å². The molecule has 19 heavy (non-hydrogen) atoms. The molecular formula is C15H20O4. The number of carbonyl (C=O) groups is 2. The zero-order valence-electron chi connectivity index (χ0n) is 11.6. The highest BCUT2D eigenvalue weighted by molar-refractivity contribution is 5.92. The van der Waals surface area contributed by atoms with Gasteiger partial charge in [0.05, 0.1) is 7.11 Å². The van der Waals surface area contributed by atoms with Crippen LogP contribution in [0.5, 0.6) is 0 Å². The van der Waals surface area contributed by atoms with Gasteiger partial charge in [-0.25, -0.2) is 0 Å². The molecule has 4 nitrogen and oxygen atoms in total. The molecule has 0 aromatic heterocycles. The molecule has 1 rings (SSSR count). The van der Waals surface area contributed by atoms with E-state index in [1.54, 1.807) is 20.3 Å². The normalized spacial score (nSPS) is 19.0. The average molecular weight is 264 g/mol. The van der Waals surface area contributed by atoms with E-state index in [1.807, 2.05) is 12.2 Å². The first-order valence-electron chi connectivity index (χ1n) is 6.24. The number of allylic oxidation sites excluding steroid dienone is 4. The molecule has 104 valence electrons. The van der Waals surface area contributed by atoms with E-state index in [1.165, 1.54) is 13.0 Å². The van der Waals surface area contributed by atoms with Crippen molar-refractivity contribution in [3.63, 3.8) is 0 Å². The van der Waals surface area contributed by atoms with Crippen LogP contribution >= 0.6 is 0 Å². The van der Waals surface area contributed by atoms with Crippen molar-refractivity contribution >= 4 is 11.6 Å². The third-order valence-electron chi connectivity index (χ3n) is 2.93. The number of ketones is 2. The van der Waals surface area contributed by atoms with Gasteiger partial charge in [-0.05, 0) is 24.6 Å². The number of hydrogen-bond acceptors (Lipinski definition) is 4. The molecule has 0 aromatic carbocycles. The fourth-order valence-corrected chi connectivity index (χ4v) is 1.78. The molecule has 1 aliphatic rings. The molecule has 4 heteroatoms. The number of hydrogen-bond donors (Lipinski definition) is 0. The predicted molar refractivity (Wildman–Crippen MR) is 72.7 cm³/mol. The van der Waals surface area contributed by atoms with Crippen molar-refractivity contribution in [1.29, 1.82) is 0 Å². The molecule has 1 atom stereocenters. The van der Waals surface area contributed by atoms with E-state index in [2.05, 4.69) is 0 Å².